The molecule has 0 saturated heterocycles. The molecule has 0 aliphatic heterocycles. The number of carbonyl (C=O) groups excluding carboxylic acids is 1. The van der Waals surface area contributed by atoms with E-state index in [4.69, 9.17) is 4.98 Å². The molecule has 3 rings (SSSR count). The van der Waals surface area contributed by atoms with Crippen LogP contribution in [0.25, 0.3) is 22.3 Å². The predicted molar refractivity (Wildman–Crippen MR) is 123 cm³/mol. The fraction of sp³-hybridized carbons (Fsp3) is 0.381. The first-order valence-electron chi connectivity index (χ1n) is 9.40. The van der Waals surface area contributed by atoms with Crippen molar-refractivity contribution in [1.82, 2.24) is 25.4 Å². The van der Waals surface area contributed by atoms with Gasteiger partial charge in [-0.15, -0.1) is 24.8 Å². The Labute approximate surface area is 184 Å². The number of amides is 1. The third-order valence-corrected chi connectivity index (χ3v) is 4.61. The first-order valence-corrected chi connectivity index (χ1v) is 9.40. The highest BCUT2D eigenvalue weighted by atomic mass is 35.5. The Morgan fingerprint density at radius 3 is 2.55 bits per heavy atom. The molecule has 0 bridgehead atoms. The molecule has 1 aromatic carbocycles. The van der Waals surface area contributed by atoms with E-state index < -0.39 is 0 Å². The maximum Gasteiger partial charge on any atom is 0.252 e. The van der Waals surface area contributed by atoms with Crippen molar-refractivity contribution in [2.75, 3.05) is 20.1 Å². The number of aromatic nitrogens is 3. The number of hydrogen-bond acceptors (Lipinski definition) is 4. The first kappa shape index (κ1) is 24.9. The molecule has 2 aromatic heterocycles. The van der Waals surface area contributed by atoms with Crippen LogP contribution in [0.5, 0.6) is 0 Å². The summed E-state index contributed by atoms with van der Waals surface area (Å²) in [6, 6.07) is 10.1. The lowest BCUT2D eigenvalue weighted by Crippen LogP contribution is -2.26. The van der Waals surface area contributed by atoms with Crippen LogP contribution in [0, 0.1) is 6.92 Å². The van der Waals surface area contributed by atoms with Gasteiger partial charge >= 0.3 is 0 Å². The van der Waals surface area contributed by atoms with Crippen molar-refractivity contribution >= 4 is 41.8 Å². The summed E-state index contributed by atoms with van der Waals surface area (Å²) in [5.74, 6) is -0.0864. The Hall–Kier alpha value is -2.15. The highest BCUT2D eigenvalue weighted by molar-refractivity contribution is 6.06. The van der Waals surface area contributed by atoms with Crippen molar-refractivity contribution in [1.29, 1.82) is 0 Å². The molecule has 0 fully saturated rings. The van der Waals surface area contributed by atoms with Gasteiger partial charge in [-0.3, -0.25) is 4.79 Å². The molecule has 8 heteroatoms. The van der Waals surface area contributed by atoms with Gasteiger partial charge < -0.3 is 10.6 Å². The lowest BCUT2D eigenvalue weighted by Gasteiger charge is -2.12. The van der Waals surface area contributed by atoms with E-state index >= 15 is 0 Å². The number of nitrogens with zero attached hydrogens (tertiary/aromatic N) is 3. The number of benzene rings is 1. The van der Waals surface area contributed by atoms with Crippen molar-refractivity contribution < 1.29 is 4.79 Å². The summed E-state index contributed by atoms with van der Waals surface area (Å²) in [5, 5.41) is 11.4. The average molecular weight is 438 g/mol. The summed E-state index contributed by atoms with van der Waals surface area (Å²) in [5.41, 5.74) is 4.31. The molecule has 0 radical (unpaired) electrons. The second-order valence-electron chi connectivity index (χ2n) is 7.00. The van der Waals surface area contributed by atoms with Crippen LogP contribution in [-0.2, 0) is 0 Å². The maximum absolute atomic E-state index is 12.9. The lowest BCUT2D eigenvalue weighted by molar-refractivity contribution is 0.0955. The van der Waals surface area contributed by atoms with Gasteiger partial charge in [-0.1, -0.05) is 24.3 Å². The third-order valence-electron chi connectivity index (χ3n) is 4.61. The van der Waals surface area contributed by atoms with Gasteiger partial charge in [0.25, 0.3) is 5.91 Å². The molecule has 2 N–H and O–H groups in total. The van der Waals surface area contributed by atoms with Crippen LogP contribution in [-0.4, -0.2) is 40.8 Å². The van der Waals surface area contributed by atoms with Crippen molar-refractivity contribution in [3.63, 3.8) is 0 Å². The van der Waals surface area contributed by atoms with Crippen molar-refractivity contribution in [3.05, 3.63) is 47.7 Å². The number of carbonyl (C=O) groups is 1. The first-order chi connectivity index (χ1) is 13.0. The molecule has 0 unspecified atom stereocenters. The van der Waals surface area contributed by atoms with E-state index in [0.29, 0.717) is 12.1 Å². The summed E-state index contributed by atoms with van der Waals surface area (Å²) in [7, 11) is 1.91. The summed E-state index contributed by atoms with van der Waals surface area (Å²) in [6.07, 6.45) is 2.62. The quantitative estimate of drug-likeness (QED) is 0.543. The van der Waals surface area contributed by atoms with Gasteiger partial charge in [0.2, 0.25) is 0 Å². The van der Waals surface area contributed by atoms with Gasteiger partial charge in [-0.05, 0) is 52.4 Å². The van der Waals surface area contributed by atoms with Crippen LogP contribution < -0.4 is 10.6 Å². The molecule has 2 heterocycles. The van der Waals surface area contributed by atoms with Gasteiger partial charge in [-0.2, -0.15) is 5.10 Å². The highest BCUT2D eigenvalue weighted by Crippen LogP contribution is 2.28. The fourth-order valence-electron chi connectivity index (χ4n) is 3.14. The highest BCUT2D eigenvalue weighted by Gasteiger charge is 2.18. The molecule has 3 aromatic rings. The van der Waals surface area contributed by atoms with Crippen LogP contribution >= 0.6 is 24.8 Å². The van der Waals surface area contributed by atoms with Gasteiger partial charge in [0, 0.05) is 18.2 Å². The molecule has 0 atom stereocenters. The number of nitrogens with one attached hydrogen (secondary N) is 2. The number of hydrogen-bond donors (Lipinski definition) is 2. The molecule has 0 aliphatic carbocycles. The Balaban J connectivity index is 0.00000210. The zero-order chi connectivity index (χ0) is 19.4. The molecule has 0 aliphatic rings. The van der Waals surface area contributed by atoms with Crippen LogP contribution in [0.1, 0.15) is 42.2 Å². The van der Waals surface area contributed by atoms with Crippen molar-refractivity contribution in [3.8, 4) is 11.3 Å². The number of halogens is 2. The predicted octanol–water partition coefficient (Wildman–Crippen LogP) is 4.17. The minimum Gasteiger partial charge on any atom is -0.352 e. The average Bonchev–Trinajstić information content (AvgIpc) is 3.09. The van der Waals surface area contributed by atoms with E-state index in [1.165, 1.54) is 0 Å². The van der Waals surface area contributed by atoms with E-state index in [2.05, 4.69) is 42.6 Å². The van der Waals surface area contributed by atoms with Gasteiger partial charge in [0.05, 0.1) is 22.8 Å². The van der Waals surface area contributed by atoms with Gasteiger partial charge in [0.1, 0.15) is 0 Å². The van der Waals surface area contributed by atoms with Crippen molar-refractivity contribution in [2.45, 2.75) is 33.2 Å². The number of pyridine rings is 1. The van der Waals surface area contributed by atoms with E-state index in [1.54, 1.807) is 6.20 Å². The van der Waals surface area contributed by atoms with E-state index in [-0.39, 0.29) is 36.8 Å². The normalized spacial score (nSPS) is 10.5. The summed E-state index contributed by atoms with van der Waals surface area (Å²) < 4.78 is 1.87. The summed E-state index contributed by atoms with van der Waals surface area (Å²) in [4.78, 5) is 17.7. The molecular weight excluding hydrogens is 409 g/mol. The number of fused-ring (bicyclic) bond motifs is 1. The minimum atomic E-state index is -0.0864. The summed E-state index contributed by atoms with van der Waals surface area (Å²) in [6.45, 7) is 7.67. The molecule has 29 heavy (non-hydrogen) atoms. The SMILES string of the molecule is CNCCCNC(=O)c1cc(-c2ccccc2C)nc2c1cnn2C(C)C.Cl.Cl. The lowest BCUT2D eigenvalue weighted by atomic mass is 10.0. The number of rotatable bonds is 7. The molecule has 0 saturated carbocycles. The Morgan fingerprint density at radius 2 is 1.90 bits per heavy atom. The second kappa shape index (κ2) is 11.1. The third kappa shape index (κ3) is 5.47. The van der Waals surface area contributed by atoms with Gasteiger partial charge in [0.15, 0.2) is 5.65 Å². The fourth-order valence-corrected chi connectivity index (χ4v) is 3.14. The van der Waals surface area contributed by atoms with Crippen LogP contribution in [0.3, 0.4) is 0 Å². The topological polar surface area (TPSA) is 71.8 Å². The Kier molecular flexibility index (Phi) is 9.56. The number of aryl methyl sites for hydroxylation is 1. The van der Waals surface area contributed by atoms with E-state index in [9.17, 15) is 4.79 Å². The molecule has 6 nitrogen and oxygen atoms in total. The van der Waals surface area contributed by atoms with Crippen molar-refractivity contribution in [2.24, 2.45) is 0 Å². The largest absolute Gasteiger partial charge is 0.352 e. The smallest absolute Gasteiger partial charge is 0.252 e. The summed E-state index contributed by atoms with van der Waals surface area (Å²) >= 11 is 0. The maximum atomic E-state index is 12.9. The molecule has 1 amide bonds. The van der Waals surface area contributed by atoms with E-state index in [0.717, 1.165) is 40.8 Å². The Morgan fingerprint density at radius 1 is 1.17 bits per heavy atom. The van der Waals surface area contributed by atoms with E-state index in [1.807, 2.05) is 36.0 Å². The standard InChI is InChI=1S/C21H27N5O.2ClH/c1-14(2)26-20-18(13-24-26)17(21(27)23-11-7-10-22-4)12-19(25-20)16-9-6-5-8-15(16)3;;/h5-6,8-9,12-14,22H,7,10-11H2,1-4H3,(H,23,27);2*1H. The zero-order valence-corrected chi connectivity index (χ0v) is 18.9. The Bertz CT molecular complexity index is 955. The zero-order valence-electron chi connectivity index (χ0n) is 17.2. The second-order valence-corrected chi connectivity index (χ2v) is 7.00. The molecule has 0 spiro atoms. The van der Waals surface area contributed by atoms with Gasteiger partial charge in [-0.25, -0.2) is 9.67 Å². The van der Waals surface area contributed by atoms with Crippen LogP contribution in [0.2, 0.25) is 0 Å². The molecular formula is C21H29Cl2N5O. The minimum absolute atomic E-state index is 0. The van der Waals surface area contributed by atoms with Crippen LogP contribution in [0.15, 0.2) is 36.5 Å². The molecule has 158 valence electrons. The monoisotopic (exact) mass is 437 g/mol. The van der Waals surface area contributed by atoms with Crippen LogP contribution in [0.4, 0.5) is 0 Å².